The van der Waals surface area contributed by atoms with Gasteiger partial charge >= 0.3 is 5.97 Å². The molecule has 0 aliphatic heterocycles. The molecule has 2 aromatic rings. The van der Waals surface area contributed by atoms with Crippen molar-refractivity contribution < 1.29 is 14.6 Å². The van der Waals surface area contributed by atoms with E-state index in [-0.39, 0.29) is 12.3 Å². The van der Waals surface area contributed by atoms with Crippen LogP contribution < -0.4 is 10.1 Å². The molecule has 1 saturated carbocycles. The zero-order valence-corrected chi connectivity index (χ0v) is 15.1. The first kappa shape index (κ1) is 18.2. The third kappa shape index (κ3) is 5.48. The molecule has 1 heterocycles. The van der Waals surface area contributed by atoms with Gasteiger partial charge in [-0.1, -0.05) is 18.2 Å². The number of hydrogen-bond acceptors (Lipinski definition) is 4. The molecule has 1 unspecified atom stereocenters. The van der Waals surface area contributed by atoms with Crippen LogP contribution in [0, 0.1) is 11.8 Å². The van der Waals surface area contributed by atoms with Crippen molar-refractivity contribution >= 4 is 11.8 Å². The van der Waals surface area contributed by atoms with Crippen LogP contribution in [-0.4, -0.2) is 29.7 Å². The number of aliphatic carboxylic acids is 1. The first-order valence-corrected chi connectivity index (χ1v) is 9.21. The SMILES string of the molecule is CNc1cccc(CCOc2ccc(CC(CC(=O)O)C3CC3)cc2)n1. The second-order valence-electron chi connectivity index (χ2n) is 6.91. The first-order valence-electron chi connectivity index (χ1n) is 9.21. The lowest BCUT2D eigenvalue weighted by Crippen LogP contribution is -2.12. The van der Waals surface area contributed by atoms with Gasteiger partial charge in [0.1, 0.15) is 11.6 Å². The Labute approximate surface area is 154 Å². The van der Waals surface area contributed by atoms with E-state index in [9.17, 15) is 4.79 Å². The fraction of sp³-hybridized carbons (Fsp3) is 0.429. The lowest BCUT2D eigenvalue weighted by molar-refractivity contribution is -0.138. The number of benzene rings is 1. The van der Waals surface area contributed by atoms with E-state index in [1.807, 2.05) is 49.5 Å². The van der Waals surface area contributed by atoms with Crippen LogP contribution in [0.25, 0.3) is 0 Å². The van der Waals surface area contributed by atoms with Crippen molar-refractivity contribution in [3.05, 3.63) is 53.7 Å². The molecule has 0 bridgehead atoms. The topological polar surface area (TPSA) is 71.5 Å². The van der Waals surface area contributed by atoms with Crippen molar-refractivity contribution in [1.82, 2.24) is 4.98 Å². The van der Waals surface area contributed by atoms with Gasteiger partial charge in [-0.3, -0.25) is 4.79 Å². The maximum Gasteiger partial charge on any atom is 0.303 e. The number of nitrogens with zero attached hydrogens (tertiary/aromatic N) is 1. The normalized spacial score (nSPS) is 14.7. The average molecular weight is 354 g/mol. The van der Waals surface area contributed by atoms with E-state index >= 15 is 0 Å². The van der Waals surface area contributed by atoms with Gasteiger partial charge in [-0.25, -0.2) is 4.98 Å². The second kappa shape index (κ2) is 8.70. The maximum absolute atomic E-state index is 11.0. The molecule has 26 heavy (non-hydrogen) atoms. The Hall–Kier alpha value is -2.56. The van der Waals surface area contributed by atoms with Gasteiger partial charge in [0.2, 0.25) is 0 Å². The summed E-state index contributed by atoms with van der Waals surface area (Å²) < 4.78 is 5.81. The molecular formula is C21H26N2O3. The van der Waals surface area contributed by atoms with Crippen molar-refractivity contribution in [3.8, 4) is 5.75 Å². The minimum absolute atomic E-state index is 0.254. The molecule has 1 fully saturated rings. The number of ether oxygens (including phenoxy) is 1. The highest BCUT2D eigenvalue weighted by atomic mass is 16.5. The Bertz CT molecular complexity index is 726. The van der Waals surface area contributed by atoms with Gasteiger partial charge in [0.15, 0.2) is 0 Å². The largest absolute Gasteiger partial charge is 0.493 e. The van der Waals surface area contributed by atoms with Crippen molar-refractivity contribution in [1.29, 1.82) is 0 Å². The van der Waals surface area contributed by atoms with Crippen molar-refractivity contribution in [3.63, 3.8) is 0 Å². The molecule has 0 spiro atoms. The van der Waals surface area contributed by atoms with Crippen molar-refractivity contribution in [2.75, 3.05) is 19.0 Å². The molecule has 138 valence electrons. The van der Waals surface area contributed by atoms with Gasteiger partial charge in [-0.2, -0.15) is 0 Å². The summed E-state index contributed by atoms with van der Waals surface area (Å²) in [6, 6.07) is 13.9. The molecule has 5 nitrogen and oxygen atoms in total. The fourth-order valence-electron chi connectivity index (χ4n) is 3.25. The van der Waals surface area contributed by atoms with Crippen LogP contribution in [0.15, 0.2) is 42.5 Å². The number of anilines is 1. The Balaban J connectivity index is 1.48. The number of pyridine rings is 1. The van der Waals surface area contributed by atoms with Gasteiger partial charge < -0.3 is 15.2 Å². The minimum Gasteiger partial charge on any atom is -0.493 e. The van der Waals surface area contributed by atoms with E-state index in [1.165, 1.54) is 18.4 Å². The fourth-order valence-corrected chi connectivity index (χ4v) is 3.25. The Morgan fingerprint density at radius 1 is 1.27 bits per heavy atom. The van der Waals surface area contributed by atoms with E-state index in [2.05, 4.69) is 10.3 Å². The Morgan fingerprint density at radius 3 is 2.69 bits per heavy atom. The highest BCUT2D eigenvalue weighted by Gasteiger charge is 2.32. The van der Waals surface area contributed by atoms with Crippen LogP contribution >= 0.6 is 0 Å². The number of nitrogens with one attached hydrogen (secondary N) is 1. The molecule has 1 aromatic heterocycles. The number of hydrogen-bond donors (Lipinski definition) is 2. The molecule has 0 amide bonds. The quantitative estimate of drug-likeness (QED) is 0.679. The van der Waals surface area contributed by atoms with Gasteiger partial charge in [0.05, 0.1) is 6.61 Å². The smallest absolute Gasteiger partial charge is 0.303 e. The summed E-state index contributed by atoms with van der Waals surface area (Å²) in [5.74, 6) is 1.84. The lowest BCUT2D eigenvalue weighted by atomic mass is 9.92. The summed E-state index contributed by atoms with van der Waals surface area (Å²) in [4.78, 5) is 15.5. The van der Waals surface area contributed by atoms with Crippen LogP contribution in [0.1, 0.15) is 30.5 Å². The maximum atomic E-state index is 11.0. The van der Waals surface area contributed by atoms with E-state index in [0.717, 1.165) is 30.1 Å². The molecule has 1 aromatic carbocycles. The summed E-state index contributed by atoms with van der Waals surface area (Å²) >= 11 is 0. The number of carboxylic acids is 1. The van der Waals surface area contributed by atoms with E-state index < -0.39 is 5.97 Å². The standard InChI is InChI=1S/C21H26N2O3/c1-22-20-4-2-3-18(23-20)11-12-26-19-9-5-15(6-10-19)13-17(14-21(24)25)16-7-8-16/h2-6,9-10,16-17H,7-8,11-14H2,1H3,(H,22,23)(H,24,25). The van der Waals surface area contributed by atoms with E-state index in [4.69, 9.17) is 9.84 Å². The van der Waals surface area contributed by atoms with Gasteiger partial charge in [0.25, 0.3) is 0 Å². The molecule has 1 aliphatic rings. The number of rotatable bonds is 10. The monoisotopic (exact) mass is 354 g/mol. The Kier molecular flexibility index (Phi) is 6.10. The van der Waals surface area contributed by atoms with Crippen molar-refractivity contribution in [2.24, 2.45) is 11.8 Å². The van der Waals surface area contributed by atoms with E-state index in [0.29, 0.717) is 12.5 Å². The van der Waals surface area contributed by atoms with Gasteiger partial charge in [-0.15, -0.1) is 0 Å². The molecule has 0 radical (unpaired) electrons. The summed E-state index contributed by atoms with van der Waals surface area (Å²) in [5, 5.41) is 12.1. The van der Waals surface area contributed by atoms with Crippen LogP contribution in [0.2, 0.25) is 0 Å². The van der Waals surface area contributed by atoms with E-state index in [1.54, 1.807) is 0 Å². The second-order valence-corrected chi connectivity index (χ2v) is 6.91. The molecule has 0 saturated heterocycles. The number of carbonyl (C=O) groups is 1. The first-order chi connectivity index (χ1) is 12.6. The molecule has 2 N–H and O–H groups in total. The summed E-state index contributed by atoms with van der Waals surface area (Å²) in [5.41, 5.74) is 2.17. The minimum atomic E-state index is -0.696. The zero-order chi connectivity index (χ0) is 18.4. The molecule has 1 atom stereocenters. The molecule has 5 heteroatoms. The lowest BCUT2D eigenvalue weighted by Gasteiger charge is -2.14. The third-order valence-electron chi connectivity index (χ3n) is 4.84. The Morgan fingerprint density at radius 2 is 2.04 bits per heavy atom. The molecule has 1 aliphatic carbocycles. The van der Waals surface area contributed by atoms with Crippen LogP contribution in [0.5, 0.6) is 5.75 Å². The van der Waals surface area contributed by atoms with Gasteiger partial charge in [-0.05, 0) is 60.9 Å². The summed E-state index contributed by atoms with van der Waals surface area (Å²) in [6.45, 7) is 0.573. The molecular weight excluding hydrogens is 328 g/mol. The molecule has 3 rings (SSSR count). The van der Waals surface area contributed by atoms with Crippen LogP contribution in [0.4, 0.5) is 5.82 Å². The summed E-state index contributed by atoms with van der Waals surface area (Å²) in [6.07, 6.45) is 4.18. The van der Waals surface area contributed by atoms with Crippen LogP contribution in [-0.2, 0) is 17.6 Å². The highest BCUT2D eigenvalue weighted by molar-refractivity contribution is 5.67. The third-order valence-corrected chi connectivity index (χ3v) is 4.84. The predicted molar refractivity (Wildman–Crippen MR) is 102 cm³/mol. The highest BCUT2D eigenvalue weighted by Crippen LogP contribution is 2.40. The van der Waals surface area contributed by atoms with Gasteiger partial charge in [0, 0.05) is 25.6 Å². The predicted octanol–water partition coefficient (Wildman–Crippen LogP) is 3.79. The zero-order valence-electron chi connectivity index (χ0n) is 15.1. The van der Waals surface area contributed by atoms with Crippen molar-refractivity contribution in [2.45, 2.75) is 32.1 Å². The number of aromatic nitrogens is 1. The average Bonchev–Trinajstić information content (AvgIpc) is 3.48. The van der Waals surface area contributed by atoms with Crippen LogP contribution in [0.3, 0.4) is 0 Å². The summed E-state index contributed by atoms with van der Waals surface area (Å²) in [7, 11) is 1.86. The number of carboxylic acid groups (broad SMARTS) is 1.